The third-order valence-electron chi connectivity index (χ3n) is 6.78. The Labute approximate surface area is 166 Å². The summed E-state index contributed by atoms with van der Waals surface area (Å²) in [6.45, 7) is 4.86. The summed E-state index contributed by atoms with van der Waals surface area (Å²) in [6, 6.07) is 7.02. The molecule has 3 aliphatic rings. The Kier molecular flexibility index (Phi) is 4.91. The number of hydrogen-bond donors (Lipinski definition) is 0. The summed E-state index contributed by atoms with van der Waals surface area (Å²) in [5.74, 6) is -0.199. The molecule has 150 valence electrons. The number of nitrogens with zero attached hydrogens (tertiary/aromatic N) is 1. The number of hydrogen-bond acceptors (Lipinski definition) is 5. The van der Waals surface area contributed by atoms with Crippen LogP contribution in [0, 0.1) is 11.8 Å². The number of imide groups is 1. The minimum absolute atomic E-state index is 0.0777. The molecule has 2 aliphatic heterocycles. The number of ether oxygens (including phenoxy) is 1. The van der Waals surface area contributed by atoms with Gasteiger partial charge >= 0.3 is 5.97 Å². The number of fused-ring (bicyclic) bond motifs is 2. The average molecular weight is 402 g/mol. The summed E-state index contributed by atoms with van der Waals surface area (Å²) in [5.41, 5.74) is 1.38. The van der Waals surface area contributed by atoms with Gasteiger partial charge < -0.3 is 9.16 Å². The van der Waals surface area contributed by atoms with E-state index in [9.17, 15) is 14.4 Å². The lowest BCUT2D eigenvalue weighted by Gasteiger charge is -2.32. The molecular formula is C21H27NO5Si. The summed E-state index contributed by atoms with van der Waals surface area (Å²) < 4.78 is 11.4. The maximum absolute atomic E-state index is 12.6. The third-order valence-corrected chi connectivity index (χ3v) is 10.2. The molecule has 6 nitrogen and oxygen atoms in total. The Morgan fingerprint density at radius 3 is 2.43 bits per heavy atom. The van der Waals surface area contributed by atoms with Gasteiger partial charge in [0.25, 0.3) is 11.8 Å². The second kappa shape index (κ2) is 7.11. The van der Waals surface area contributed by atoms with Crippen molar-refractivity contribution in [2.75, 3.05) is 13.7 Å². The van der Waals surface area contributed by atoms with Gasteiger partial charge in [-0.2, -0.15) is 0 Å². The van der Waals surface area contributed by atoms with Crippen LogP contribution in [0.2, 0.25) is 18.6 Å². The first-order valence-electron chi connectivity index (χ1n) is 10.0. The SMILES string of the molecule is COC(=O)[C@H]1CC[C@@H]2[C@H](C1)O[Si](C)(C)[C@H]2CCN1C(=O)c2ccccc2C1=O. The highest BCUT2D eigenvalue weighted by molar-refractivity contribution is 6.73. The van der Waals surface area contributed by atoms with Crippen LogP contribution >= 0.6 is 0 Å². The highest BCUT2D eigenvalue weighted by atomic mass is 28.4. The quantitative estimate of drug-likeness (QED) is 0.440. The predicted octanol–water partition coefficient (Wildman–Crippen LogP) is 3.24. The lowest BCUT2D eigenvalue weighted by molar-refractivity contribution is -0.148. The third kappa shape index (κ3) is 3.10. The molecule has 0 N–H and O–H groups in total. The van der Waals surface area contributed by atoms with Crippen LogP contribution in [0.1, 0.15) is 46.4 Å². The van der Waals surface area contributed by atoms with Gasteiger partial charge in [0.2, 0.25) is 0 Å². The molecule has 28 heavy (non-hydrogen) atoms. The van der Waals surface area contributed by atoms with E-state index in [4.69, 9.17) is 9.16 Å². The van der Waals surface area contributed by atoms with Crippen molar-refractivity contribution >= 4 is 26.1 Å². The van der Waals surface area contributed by atoms with Crippen molar-refractivity contribution in [2.45, 2.75) is 50.4 Å². The molecule has 7 heteroatoms. The molecule has 4 atom stereocenters. The monoisotopic (exact) mass is 401 g/mol. The van der Waals surface area contributed by atoms with Gasteiger partial charge in [-0.25, -0.2) is 0 Å². The summed E-state index contributed by atoms with van der Waals surface area (Å²) in [5, 5.41) is 0. The van der Waals surface area contributed by atoms with Crippen molar-refractivity contribution < 1.29 is 23.5 Å². The van der Waals surface area contributed by atoms with Crippen molar-refractivity contribution in [1.82, 2.24) is 4.90 Å². The fourth-order valence-corrected chi connectivity index (χ4v) is 8.86. The van der Waals surface area contributed by atoms with E-state index >= 15 is 0 Å². The molecule has 1 aromatic carbocycles. The molecule has 1 aliphatic carbocycles. The van der Waals surface area contributed by atoms with Crippen molar-refractivity contribution in [1.29, 1.82) is 0 Å². The van der Waals surface area contributed by atoms with Gasteiger partial charge in [0.05, 0.1) is 24.2 Å². The van der Waals surface area contributed by atoms with Crippen molar-refractivity contribution in [3.63, 3.8) is 0 Å². The molecule has 0 spiro atoms. The van der Waals surface area contributed by atoms with Crippen LogP contribution in [0.15, 0.2) is 24.3 Å². The van der Waals surface area contributed by atoms with E-state index in [0.717, 1.165) is 25.7 Å². The van der Waals surface area contributed by atoms with E-state index in [1.807, 2.05) is 0 Å². The summed E-state index contributed by atoms with van der Waals surface area (Å²) >= 11 is 0. The van der Waals surface area contributed by atoms with E-state index in [2.05, 4.69) is 13.1 Å². The minimum atomic E-state index is -1.97. The number of amides is 2. The van der Waals surface area contributed by atoms with Crippen LogP contribution in [-0.4, -0.2) is 50.8 Å². The molecule has 1 saturated heterocycles. The molecule has 2 amide bonds. The van der Waals surface area contributed by atoms with E-state index in [-0.39, 0.29) is 29.8 Å². The topological polar surface area (TPSA) is 72.9 Å². The molecule has 0 radical (unpaired) electrons. The van der Waals surface area contributed by atoms with E-state index in [0.29, 0.717) is 29.1 Å². The Morgan fingerprint density at radius 1 is 1.18 bits per heavy atom. The Bertz CT molecular complexity index is 788. The van der Waals surface area contributed by atoms with Crippen molar-refractivity contribution in [2.24, 2.45) is 11.8 Å². The maximum atomic E-state index is 12.6. The molecule has 2 heterocycles. The van der Waals surface area contributed by atoms with Gasteiger partial charge in [0.15, 0.2) is 8.32 Å². The number of carbonyl (C=O) groups is 3. The highest BCUT2D eigenvalue weighted by Gasteiger charge is 2.53. The van der Waals surface area contributed by atoms with Crippen LogP contribution in [0.5, 0.6) is 0 Å². The van der Waals surface area contributed by atoms with Gasteiger partial charge in [-0.15, -0.1) is 0 Å². The zero-order chi connectivity index (χ0) is 20.1. The zero-order valence-electron chi connectivity index (χ0n) is 16.6. The van der Waals surface area contributed by atoms with Gasteiger partial charge in [-0.05, 0) is 62.4 Å². The first-order chi connectivity index (χ1) is 13.3. The van der Waals surface area contributed by atoms with E-state index < -0.39 is 8.32 Å². The van der Waals surface area contributed by atoms with Crippen molar-refractivity contribution in [3.05, 3.63) is 35.4 Å². The zero-order valence-corrected chi connectivity index (χ0v) is 17.6. The van der Waals surface area contributed by atoms with Crippen LogP contribution in [0.3, 0.4) is 0 Å². The minimum Gasteiger partial charge on any atom is -0.469 e. The van der Waals surface area contributed by atoms with Gasteiger partial charge in [-0.3, -0.25) is 19.3 Å². The molecule has 2 fully saturated rings. The van der Waals surface area contributed by atoms with E-state index in [1.165, 1.54) is 12.0 Å². The maximum Gasteiger partial charge on any atom is 0.308 e. The number of rotatable bonds is 4. The molecule has 0 unspecified atom stereocenters. The van der Waals surface area contributed by atoms with Crippen molar-refractivity contribution in [3.8, 4) is 0 Å². The normalized spacial score (nSPS) is 30.9. The second-order valence-electron chi connectivity index (χ2n) is 8.66. The molecule has 4 rings (SSSR count). The molecule has 0 bridgehead atoms. The van der Waals surface area contributed by atoms with Gasteiger partial charge in [0.1, 0.15) is 0 Å². The average Bonchev–Trinajstić information content (AvgIpc) is 3.08. The largest absolute Gasteiger partial charge is 0.469 e. The second-order valence-corrected chi connectivity index (χ2v) is 12.8. The molecular weight excluding hydrogens is 374 g/mol. The smallest absolute Gasteiger partial charge is 0.308 e. The lowest BCUT2D eigenvalue weighted by Crippen LogP contribution is -2.37. The van der Waals surface area contributed by atoms with Gasteiger partial charge in [0, 0.05) is 12.6 Å². The number of methoxy groups -OCH3 is 1. The van der Waals surface area contributed by atoms with Crippen LogP contribution in [0.25, 0.3) is 0 Å². The highest BCUT2D eigenvalue weighted by Crippen LogP contribution is 2.51. The van der Waals surface area contributed by atoms with Crippen LogP contribution < -0.4 is 0 Å². The fraction of sp³-hybridized carbons (Fsp3) is 0.571. The summed E-state index contributed by atoms with van der Waals surface area (Å²) in [6.07, 6.45) is 3.34. The number of esters is 1. The summed E-state index contributed by atoms with van der Waals surface area (Å²) in [7, 11) is -0.531. The standard InChI is InChI=1S/C21H27NO5Si/c1-26-21(25)13-8-9-16-17(12-13)27-28(2,3)18(16)10-11-22-19(23)14-6-4-5-7-15(14)20(22)24/h4-7,13,16-18H,8-12H2,1-3H3/t13-,16+,17-,18-/m0/s1. The first-order valence-corrected chi connectivity index (χ1v) is 13.0. The first kappa shape index (κ1) is 19.3. The fourth-order valence-electron chi connectivity index (χ4n) is 5.39. The molecule has 1 saturated carbocycles. The van der Waals surface area contributed by atoms with Gasteiger partial charge in [-0.1, -0.05) is 12.1 Å². The Balaban J connectivity index is 1.45. The molecule has 0 aromatic heterocycles. The van der Waals surface area contributed by atoms with Crippen LogP contribution in [-0.2, 0) is 14.0 Å². The number of carbonyl (C=O) groups excluding carboxylic acids is 3. The summed E-state index contributed by atoms with van der Waals surface area (Å²) in [4.78, 5) is 38.6. The predicted molar refractivity (Wildman–Crippen MR) is 105 cm³/mol. The molecule has 1 aromatic rings. The lowest BCUT2D eigenvalue weighted by atomic mass is 9.77. The van der Waals surface area contributed by atoms with Crippen LogP contribution in [0.4, 0.5) is 0 Å². The number of benzene rings is 1. The Hall–Kier alpha value is -1.99. The van der Waals surface area contributed by atoms with E-state index in [1.54, 1.807) is 24.3 Å². The Morgan fingerprint density at radius 2 is 1.82 bits per heavy atom.